The average Bonchev–Trinajstić information content (AvgIpc) is 2.44. The quantitative estimate of drug-likeness (QED) is 0.479. The molecule has 0 radical (unpaired) electrons. The summed E-state index contributed by atoms with van der Waals surface area (Å²) in [4.78, 5) is 0. The van der Waals surface area contributed by atoms with Crippen molar-refractivity contribution < 1.29 is 25.2 Å². The van der Waals surface area contributed by atoms with Crippen LogP contribution in [0, 0.1) is 0 Å². The Hall–Kier alpha value is -1.05. The van der Waals surface area contributed by atoms with Gasteiger partial charge in [-0.15, -0.1) is 0 Å². The average molecular weight is 292 g/mol. The van der Waals surface area contributed by atoms with Crippen LogP contribution in [0.5, 0.6) is 11.5 Å². The molecular formula is C12H18ClNO5. The molecule has 19 heavy (non-hydrogen) atoms. The molecule has 0 bridgehead atoms. The van der Waals surface area contributed by atoms with Crippen molar-refractivity contribution in [2.24, 2.45) is 0 Å². The summed E-state index contributed by atoms with van der Waals surface area (Å²) in [6.45, 7) is -1.24. The molecule has 7 heteroatoms. The van der Waals surface area contributed by atoms with Gasteiger partial charge >= 0.3 is 0 Å². The second kappa shape index (κ2) is 6.93. The van der Waals surface area contributed by atoms with Crippen LogP contribution in [0.1, 0.15) is 5.56 Å². The molecule has 0 atom stereocenters. The summed E-state index contributed by atoms with van der Waals surface area (Å²) >= 11 is 5.89. The Morgan fingerprint density at radius 2 is 1.79 bits per heavy atom. The number of rotatable bonds is 7. The predicted molar refractivity (Wildman–Crippen MR) is 70.5 cm³/mol. The predicted octanol–water partition coefficient (Wildman–Crippen LogP) is -0.141. The zero-order valence-electron chi connectivity index (χ0n) is 10.6. The number of aliphatic hydroxyl groups is 3. The van der Waals surface area contributed by atoms with Gasteiger partial charge in [-0.05, 0) is 6.07 Å². The largest absolute Gasteiger partial charge is 0.504 e. The van der Waals surface area contributed by atoms with Crippen LogP contribution in [0.15, 0.2) is 12.1 Å². The lowest BCUT2D eigenvalue weighted by atomic mass is 10.0. The number of halogens is 1. The number of aliphatic hydroxyl groups excluding tert-OH is 3. The van der Waals surface area contributed by atoms with E-state index < -0.39 is 25.4 Å². The van der Waals surface area contributed by atoms with Crippen molar-refractivity contribution in [2.45, 2.75) is 12.1 Å². The Labute approximate surface area is 116 Å². The van der Waals surface area contributed by atoms with Crippen molar-refractivity contribution in [2.75, 3.05) is 26.9 Å². The Kier molecular flexibility index (Phi) is 5.84. The summed E-state index contributed by atoms with van der Waals surface area (Å²) in [6, 6.07) is 3.00. The molecule has 6 nitrogen and oxygen atoms in total. The normalized spacial score (nSPS) is 11.6. The Morgan fingerprint density at radius 1 is 1.21 bits per heavy atom. The molecule has 5 N–H and O–H groups in total. The molecule has 0 aliphatic heterocycles. The van der Waals surface area contributed by atoms with Gasteiger partial charge in [0.05, 0.1) is 32.5 Å². The lowest BCUT2D eigenvalue weighted by Gasteiger charge is -2.29. The highest BCUT2D eigenvalue weighted by Crippen LogP contribution is 2.33. The molecule has 0 aliphatic carbocycles. The highest BCUT2D eigenvalue weighted by molar-refractivity contribution is 6.30. The van der Waals surface area contributed by atoms with Crippen molar-refractivity contribution in [1.82, 2.24) is 5.32 Å². The summed E-state index contributed by atoms with van der Waals surface area (Å²) < 4.78 is 4.97. The number of hydrogen-bond donors (Lipinski definition) is 5. The molecule has 0 unspecified atom stereocenters. The maximum atomic E-state index is 9.92. The highest BCUT2D eigenvalue weighted by Gasteiger charge is 2.27. The smallest absolute Gasteiger partial charge is 0.162 e. The third-order valence-electron chi connectivity index (χ3n) is 2.90. The van der Waals surface area contributed by atoms with Crippen LogP contribution in [0.25, 0.3) is 0 Å². The lowest BCUT2D eigenvalue weighted by molar-refractivity contribution is 0.0412. The first-order valence-electron chi connectivity index (χ1n) is 5.65. The van der Waals surface area contributed by atoms with E-state index in [2.05, 4.69) is 5.32 Å². The number of phenolic OH excluding ortho intramolecular Hbond substituents is 1. The summed E-state index contributed by atoms with van der Waals surface area (Å²) in [5, 5.41) is 40.6. The van der Waals surface area contributed by atoms with Gasteiger partial charge in [0.25, 0.3) is 0 Å². The fourth-order valence-electron chi connectivity index (χ4n) is 1.52. The van der Waals surface area contributed by atoms with Gasteiger partial charge in [0, 0.05) is 23.2 Å². The molecule has 0 amide bonds. The van der Waals surface area contributed by atoms with Gasteiger partial charge < -0.3 is 30.5 Å². The van der Waals surface area contributed by atoms with Crippen molar-refractivity contribution in [1.29, 1.82) is 0 Å². The van der Waals surface area contributed by atoms with Gasteiger partial charge in [-0.3, -0.25) is 0 Å². The molecule has 0 aromatic heterocycles. The zero-order chi connectivity index (χ0) is 14.5. The topological polar surface area (TPSA) is 102 Å². The van der Waals surface area contributed by atoms with E-state index >= 15 is 0 Å². The van der Waals surface area contributed by atoms with Gasteiger partial charge in [0.1, 0.15) is 0 Å². The number of benzene rings is 1. The summed E-state index contributed by atoms with van der Waals surface area (Å²) in [6.07, 6.45) is 0. The first kappa shape index (κ1) is 16.0. The van der Waals surface area contributed by atoms with Crippen molar-refractivity contribution in [3.8, 4) is 11.5 Å². The monoisotopic (exact) mass is 291 g/mol. The van der Waals surface area contributed by atoms with Crippen LogP contribution in [0.3, 0.4) is 0 Å². The Bertz CT molecular complexity index is 415. The van der Waals surface area contributed by atoms with E-state index in [0.29, 0.717) is 10.6 Å². The molecule has 0 saturated carbocycles. The van der Waals surface area contributed by atoms with Crippen LogP contribution < -0.4 is 10.1 Å². The van der Waals surface area contributed by atoms with Gasteiger partial charge in [0.2, 0.25) is 0 Å². The molecule has 108 valence electrons. The van der Waals surface area contributed by atoms with Crippen LogP contribution in [0.2, 0.25) is 5.02 Å². The van der Waals surface area contributed by atoms with Crippen molar-refractivity contribution >= 4 is 11.6 Å². The van der Waals surface area contributed by atoms with Crippen LogP contribution in [-0.4, -0.2) is 52.9 Å². The van der Waals surface area contributed by atoms with E-state index in [9.17, 15) is 20.4 Å². The number of ether oxygens (including phenoxy) is 1. The third kappa shape index (κ3) is 3.71. The Balaban J connectivity index is 2.91. The second-order valence-corrected chi connectivity index (χ2v) is 4.66. The zero-order valence-corrected chi connectivity index (χ0v) is 11.3. The molecule has 0 saturated heterocycles. The molecule has 0 heterocycles. The van der Waals surface area contributed by atoms with E-state index in [1.807, 2.05) is 0 Å². The van der Waals surface area contributed by atoms with Gasteiger partial charge in [-0.25, -0.2) is 0 Å². The Morgan fingerprint density at radius 3 is 2.26 bits per heavy atom. The highest BCUT2D eigenvalue weighted by atomic mass is 35.5. The van der Waals surface area contributed by atoms with Crippen molar-refractivity contribution in [3.05, 3.63) is 22.7 Å². The van der Waals surface area contributed by atoms with E-state index in [0.717, 1.165) is 0 Å². The number of aromatic hydroxyl groups is 1. The minimum atomic E-state index is -1.22. The molecule has 0 aliphatic rings. The lowest BCUT2D eigenvalue weighted by Crippen LogP contribution is -2.54. The molecule has 1 rings (SSSR count). The summed E-state index contributed by atoms with van der Waals surface area (Å²) in [5.74, 6) is 0.147. The second-order valence-electron chi connectivity index (χ2n) is 4.22. The summed E-state index contributed by atoms with van der Waals surface area (Å²) in [7, 11) is 1.40. The molecule has 0 fully saturated rings. The standard InChI is InChI=1S/C12H18ClNO5/c1-19-10-3-9(13)2-8(11(10)18)4-14-12(5-15,6-16)7-17/h2-3,14-18H,4-7H2,1H3. The molecular weight excluding hydrogens is 274 g/mol. The molecule has 0 spiro atoms. The maximum absolute atomic E-state index is 9.92. The maximum Gasteiger partial charge on any atom is 0.162 e. The van der Waals surface area contributed by atoms with Crippen LogP contribution in [-0.2, 0) is 6.54 Å². The number of phenols is 1. The van der Waals surface area contributed by atoms with E-state index in [-0.39, 0.29) is 18.0 Å². The van der Waals surface area contributed by atoms with E-state index in [1.165, 1.54) is 19.2 Å². The van der Waals surface area contributed by atoms with Crippen molar-refractivity contribution in [3.63, 3.8) is 0 Å². The molecule has 1 aromatic carbocycles. The molecule has 1 aromatic rings. The van der Waals surface area contributed by atoms with Gasteiger partial charge in [-0.2, -0.15) is 0 Å². The van der Waals surface area contributed by atoms with E-state index in [1.54, 1.807) is 0 Å². The van der Waals surface area contributed by atoms with Gasteiger partial charge in [-0.1, -0.05) is 11.6 Å². The van der Waals surface area contributed by atoms with Crippen LogP contribution in [0.4, 0.5) is 0 Å². The SMILES string of the molecule is COc1cc(Cl)cc(CNC(CO)(CO)CO)c1O. The number of hydrogen-bond acceptors (Lipinski definition) is 6. The van der Waals surface area contributed by atoms with Crippen LogP contribution >= 0.6 is 11.6 Å². The van der Waals surface area contributed by atoms with Gasteiger partial charge in [0.15, 0.2) is 11.5 Å². The third-order valence-corrected chi connectivity index (χ3v) is 3.12. The fraction of sp³-hybridized carbons (Fsp3) is 0.500. The number of nitrogens with one attached hydrogen (secondary N) is 1. The van der Waals surface area contributed by atoms with E-state index in [4.69, 9.17) is 16.3 Å². The first-order chi connectivity index (χ1) is 9.01. The number of methoxy groups -OCH3 is 1. The minimum absolute atomic E-state index is 0.0814. The summed E-state index contributed by atoms with van der Waals surface area (Å²) in [5.41, 5.74) is -0.786. The fourth-order valence-corrected chi connectivity index (χ4v) is 1.75. The first-order valence-corrected chi connectivity index (χ1v) is 6.02. The minimum Gasteiger partial charge on any atom is -0.504 e.